The Morgan fingerprint density at radius 1 is 1.14 bits per heavy atom. The monoisotopic (exact) mass is 401 g/mol. The normalized spacial score (nSPS) is 20.3. The first-order valence-corrected chi connectivity index (χ1v) is 10.6. The summed E-state index contributed by atoms with van der Waals surface area (Å²) >= 11 is 0. The zero-order valence-electron chi connectivity index (χ0n) is 17.1. The minimum absolute atomic E-state index is 0.0318. The maximum absolute atomic E-state index is 12.6. The van der Waals surface area contributed by atoms with E-state index < -0.39 is 6.04 Å². The van der Waals surface area contributed by atoms with E-state index in [2.05, 4.69) is 10.6 Å². The van der Waals surface area contributed by atoms with Gasteiger partial charge in [-0.05, 0) is 43.4 Å². The van der Waals surface area contributed by atoms with Crippen LogP contribution in [-0.2, 0) is 16.0 Å². The number of nitrogens with one attached hydrogen (secondary N) is 2. The Labute approximate surface area is 172 Å². The average molecular weight is 402 g/mol. The number of imide groups is 1. The summed E-state index contributed by atoms with van der Waals surface area (Å²) in [5, 5.41) is 5.80. The molecule has 0 spiro atoms. The summed E-state index contributed by atoms with van der Waals surface area (Å²) in [6.45, 7) is 0.321. The van der Waals surface area contributed by atoms with Crippen molar-refractivity contribution < 1.29 is 19.1 Å². The van der Waals surface area contributed by atoms with Gasteiger partial charge in [-0.1, -0.05) is 37.8 Å². The Kier molecular flexibility index (Phi) is 7.49. The number of nitrogens with zero attached hydrogens (tertiary/aromatic N) is 1. The van der Waals surface area contributed by atoms with Gasteiger partial charge in [-0.15, -0.1) is 0 Å². The van der Waals surface area contributed by atoms with Crippen molar-refractivity contribution in [3.8, 4) is 5.75 Å². The van der Waals surface area contributed by atoms with E-state index in [1.165, 1.54) is 17.7 Å². The lowest BCUT2D eigenvalue weighted by atomic mass is 10.1. The summed E-state index contributed by atoms with van der Waals surface area (Å²) in [4.78, 5) is 38.3. The van der Waals surface area contributed by atoms with Crippen LogP contribution in [0.15, 0.2) is 24.3 Å². The quantitative estimate of drug-likeness (QED) is 0.518. The Balaban J connectivity index is 1.43. The summed E-state index contributed by atoms with van der Waals surface area (Å²) in [5.41, 5.74) is 1.03. The summed E-state index contributed by atoms with van der Waals surface area (Å²) in [5.74, 6) is 0.493. The number of methoxy groups -OCH3 is 1. The molecule has 4 amide bonds. The van der Waals surface area contributed by atoms with Gasteiger partial charge >= 0.3 is 6.03 Å². The van der Waals surface area contributed by atoms with Crippen molar-refractivity contribution in [2.24, 2.45) is 0 Å². The zero-order valence-corrected chi connectivity index (χ0v) is 17.1. The zero-order chi connectivity index (χ0) is 20.6. The largest absolute Gasteiger partial charge is 0.497 e. The molecule has 0 unspecified atom stereocenters. The van der Waals surface area contributed by atoms with E-state index in [0.717, 1.165) is 37.0 Å². The number of hydrogen-bond donors (Lipinski definition) is 2. The number of carbonyl (C=O) groups excluding carboxylic acids is 3. The smallest absolute Gasteiger partial charge is 0.324 e. The molecule has 2 fully saturated rings. The molecule has 3 rings (SSSR count). The van der Waals surface area contributed by atoms with E-state index in [1.807, 2.05) is 24.3 Å². The van der Waals surface area contributed by atoms with Crippen LogP contribution in [0.25, 0.3) is 0 Å². The Morgan fingerprint density at radius 3 is 2.48 bits per heavy atom. The second kappa shape index (κ2) is 10.3. The highest BCUT2D eigenvalue weighted by Gasteiger charge is 2.37. The topological polar surface area (TPSA) is 87.7 Å². The molecule has 1 heterocycles. The molecule has 7 heteroatoms. The van der Waals surface area contributed by atoms with Gasteiger partial charge in [0.2, 0.25) is 5.91 Å². The minimum Gasteiger partial charge on any atom is -0.497 e. The second-order valence-electron chi connectivity index (χ2n) is 7.88. The van der Waals surface area contributed by atoms with Crippen LogP contribution in [0.5, 0.6) is 5.75 Å². The molecule has 2 aliphatic rings. The van der Waals surface area contributed by atoms with Gasteiger partial charge in [0, 0.05) is 19.0 Å². The molecule has 158 valence electrons. The molecule has 1 saturated heterocycles. The lowest BCUT2D eigenvalue weighted by Gasteiger charge is -2.17. The molecule has 0 radical (unpaired) electrons. The van der Waals surface area contributed by atoms with Gasteiger partial charge in [0.25, 0.3) is 5.91 Å². The van der Waals surface area contributed by atoms with Crippen molar-refractivity contribution in [3.63, 3.8) is 0 Å². The molecule has 1 aromatic rings. The number of rotatable bonds is 8. The molecule has 1 aliphatic heterocycles. The lowest BCUT2D eigenvalue weighted by molar-refractivity contribution is -0.127. The van der Waals surface area contributed by atoms with Crippen LogP contribution in [0, 0.1) is 0 Å². The number of urea groups is 1. The fourth-order valence-corrected chi connectivity index (χ4v) is 4.02. The molecule has 7 nitrogen and oxygen atoms in total. The van der Waals surface area contributed by atoms with E-state index in [0.29, 0.717) is 19.4 Å². The highest BCUT2D eigenvalue weighted by atomic mass is 16.5. The molecular weight excluding hydrogens is 370 g/mol. The molecule has 2 N–H and O–H groups in total. The van der Waals surface area contributed by atoms with E-state index >= 15 is 0 Å². The van der Waals surface area contributed by atoms with Crippen LogP contribution >= 0.6 is 0 Å². The molecule has 1 aromatic carbocycles. The van der Waals surface area contributed by atoms with Crippen LogP contribution in [0.1, 0.15) is 56.9 Å². The highest BCUT2D eigenvalue weighted by molar-refractivity contribution is 6.04. The maximum atomic E-state index is 12.6. The number of carbonyl (C=O) groups is 3. The highest BCUT2D eigenvalue weighted by Crippen LogP contribution is 2.18. The predicted molar refractivity (Wildman–Crippen MR) is 110 cm³/mol. The van der Waals surface area contributed by atoms with Gasteiger partial charge in [-0.3, -0.25) is 14.5 Å². The fraction of sp³-hybridized carbons (Fsp3) is 0.591. The van der Waals surface area contributed by atoms with E-state index in [-0.39, 0.29) is 30.3 Å². The van der Waals surface area contributed by atoms with Crippen LogP contribution in [0.2, 0.25) is 0 Å². The Morgan fingerprint density at radius 2 is 1.83 bits per heavy atom. The standard InChI is InChI=1S/C22H31N3O4/c1-29-18-10-8-16(9-11-18)14-15-25-21(27)19(24-22(25)28)12-13-20(26)23-17-6-4-2-3-5-7-17/h8-11,17,19H,2-7,12-15H2,1H3,(H,23,26)(H,24,28)/t19-/m1/s1. The summed E-state index contributed by atoms with van der Waals surface area (Å²) < 4.78 is 5.13. The third-order valence-electron chi connectivity index (χ3n) is 5.77. The molecule has 1 atom stereocenters. The Bertz CT molecular complexity index is 711. The predicted octanol–water partition coefficient (Wildman–Crippen LogP) is 2.78. The van der Waals surface area contributed by atoms with Gasteiger partial charge in [-0.25, -0.2) is 4.79 Å². The Hall–Kier alpha value is -2.57. The average Bonchev–Trinajstić information content (AvgIpc) is 2.89. The molecule has 1 saturated carbocycles. The fourth-order valence-electron chi connectivity index (χ4n) is 4.02. The van der Waals surface area contributed by atoms with Crippen molar-refractivity contribution in [2.75, 3.05) is 13.7 Å². The van der Waals surface area contributed by atoms with Crippen molar-refractivity contribution in [1.29, 1.82) is 0 Å². The summed E-state index contributed by atoms with van der Waals surface area (Å²) in [6, 6.07) is 6.82. The van der Waals surface area contributed by atoms with Crippen LogP contribution in [0.3, 0.4) is 0 Å². The summed E-state index contributed by atoms with van der Waals surface area (Å²) in [7, 11) is 1.61. The molecular formula is C22H31N3O4. The molecule has 1 aliphatic carbocycles. The van der Waals surface area contributed by atoms with E-state index in [4.69, 9.17) is 4.74 Å². The number of ether oxygens (including phenoxy) is 1. The van der Waals surface area contributed by atoms with Crippen molar-refractivity contribution >= 4 is 17.8 Å². The first kappa shape index (κ1) is 21.1. The summed E-state index contributed by atoms with van der Waals surface area (Å²) in [6.07, 6.45) is 8.02. The van der Waals surface area contributed by atoms with Gasteiger partial charge in [-0.2, -0.15) is 0 Å². The van der Waals surface area contributed by atoms with Crippen molar-refractivity contribution in [1.82, 2.24) is 15.5 Å². The number of amides is 4. The van der Waals surface area contributed by atoms with Crippen LogP contribution in [0.4, 0.5) is 4.79 Å². The van der Waals surface area contributed by atoms with Gasteiger partial charge in [0.05, 0.1) is 7.11 Å². The van der Waals surface area contributed by atoms with Gasteiger partial charge in [0.1, 0.15) is 11.8 Å². The molecule has 29 heavy (non-hydrogen) atoms. The van der Waals surface area contributed by atoms with Gasteiger partial charge in [0.15, 0.2) is 0 Å². The third-order valence-corrected chi connectivity index (χ3v) is 5.77. The van der Waals surface area contributed by atoms with Crippen LogP contribution < -0.4 is 15.4 Å². The number of benzene rings is 1. The number of hydrogen-bond acceptors (Lipinski definition) is 4. The van der Waals surface area contributed by atoms with Crippen molar-refractivity contribution in [2.45, 2.75) is 69.9 Å². The maximum Gasteiger partial charge on any atom is 0.324 e. The second-order valence-corrected chi connectivity index (χ2v) is 7.88. The minimum atomic E-state index is -0.613. The van der Waals surface area contributed by atoms with Gasteiger partial charge < -0.3 is 15.4 Å². The first-order chi connectivity index (χ1) is 14.1. The molecule has 0 aromatic heterocycles. The van der Waals surface area contributed by atoms with Crippen LogP contribution in [-0.4, -0.2) is 48.5 Å². The first-order valence-electron chi connectivity index (χ1n) is 10.6. The third kappa shape index (κ3) is 5.95. The lowest BCUT2D eigenvalue weighted by Crippen LogP contribution is -2.36. The molecule has 0 bridgehead atoms. The SMILES string of the molecule is COc1ccc(CCN2C(=O)N[C@H](CCC(=O)NC3CCCCCC3)C2=O)cc1. The van der Waals surface area contributed by atoms with E-state index in [9.17, 15) is 14.4 Å². The van der Waals surface area contributed by atoms with Crippen molar-refractivity contribution in [3.05, 3.63) is 29.8 Å². The van der Waals surface area contributed by atoms with E-state index in [1.54, 1.807) is 7.11 Å².